The molecule has 0 radical (unpaired) electrons. The molecule has 3 heteroatoms. The lowest BCUT2D eigenvalue weighted by molar-refractivity contribution is 0.361. The highest BCUT2D eigenvalue weighted by atomic mass is 16.5. The fourth-order valence-corrected chi connectivity index (χ4v) is 6.91. The average molecular weight is 1090 g/mol. The molecule has 3 nitrogen and oxygen atoms in total. The molecule has 0 saturated heterocycles. The lowest BCUT2D eigenvalue weighted by Crippen LogP contribution is -2.22. The summed E-state index contributed by atoms with van der Waals surface area (Å²) < 4.78 is 10.3. The first-order valence-corrected chi connectivity index (χ1v) is 26.4. The van der Waals surface area contributed by atoms with Crippen LogP contribution in [0.15, 0.2) is 97.1 Å². The number of fused-ring (bicyclic) bond motifs is 1. The fraction of sp³-hybridized carbons (Fsp3) is 0.316. The van der Waals surface area contributed by atoms with Crippen LogP contribution < -0.4 is 9.47 Å². The molecular weight excluding hydrogens is 961 g/mol. The highest BCUT2D eigenvalue weighted by Crippen LogP contribution is 2.36. The van der Waals surface area contributed by atoms with Crippen molar-refractivity contribution in [1.29, 1.82) is 0 Å². The number of phenols is 1. The molecule has 0 fully saturated rings. The zero-order chi connectivity index (χ0) is 57.8. The van der Waals surface area contributed by atoms with Gasteiger partial charge in [0, 0.05) is 42.8 Å². The van der Waals surface area contributed by atoms with Crippen molar-refractivity contribution in [2.24, 2.45) is 0 Å². The minimum atomic E-state index is 0. The Morgan fingerprint density at radius 2 is 0.722 bits per heavy atom. The number of benzene rings is 4. The van der Waals surface area contributed by atoms with E-state index in [1.807, 2.05) is 60.7 Å². The third-order valence-corrected chi connectivity index (χ3v) is 10.9. The van der Waals surface area contributed by atoms with E-state index in [-0.39, 0.29) is 42.8 Å². The van der Waals surface area contributed by atoms with Gasteiger partial charge in [0.2, 0.25) is 0 Å². The molecule has 0 bridgehead atoms. The van der Waals surface area contributed by atoms with Crippen molar-refractivity contribution in [1.82, 2.24) is 0 Å². The summed E-state index contributed by atoms with van der Waals surface area (Å²) in [5.41, 5.74) is 1.82. The van der Waals surface area contributed by atoms with Gasteiger partial charge >= 0.3 is 0 Å². The maximum Gasteiger partial charge on any atom is 0.118 e. The number of aromatic hydroxyl groups is 1. The van der Waals surface area contributed by atoms with Crippen LogP contribution in [0.25, 0.3) is 10.8 Å². The molecular formula is C76H132O3. The van der Waals surface area contributed by atoms with Gasteiger partial charge in [-0.1, -0.05) is 183 Å². The Morgan fingerprint density at radius 3 is 1.08 bits per heavy atom. The van der Waals surface area contributed by atoms with Gasteiger partial charge in [0.25, 0.3) is 0 Å². The normalized spacial score (nSPS) is 8.57. The van der Waals surface area contributed by atoms with E-state index in [1.165, 1.54) is 108 Å². The maximum atomic E-state index is 9.13. The number of methoxy groups -OCH3 is 2. The van der Waals surface area contributed by atoms with Gasteiger partial charge in [0.15, 0.2) is 0 Å². The van der Waals surface area contributed by atoms with Crippen LogP contribution in [0.4, 0.5) is 0 Å². The number of terminal acetylenes is 2. The van der Waals surface area contributed by atoms with Crippen LogP contribution in [0.2, 0.25) is 0 Å². The summed E-state index contributed by atoms with van der Waals surface area (Å²) in [7, 11) is 3.42. The minimum absolute atomic E-state index is 0. The van der Waals surface area contributed by atoms with Crippen LogP contribution in [-0.2, 0) is 5.41 Å². The predicted molar refractivity (Wildman–Crippen MR) is 398 cm³/mol. The number of hydrogen-bond donors (Lipinski definition) is 1. The minimum Gasteiger partial charge on any atom is -0.508 e. The first-order valence-electron chi connectivity index (χ1n) is 26.4. The quantitative estimate of drug-likeness (QED) is 0.0751. The van der Waals surface area contributed by atoms with Gasteiger partial charge in [0.05, 0.1) is 14.2 Å². The summed E-state index contributed by atoms with van der Waals surface area (Å²) >= 11 is 0. The van der Waals surface area contributed by atoms with Gasteiger partial charge in [-0.05, 0) is 239 Å². The molecule has 1 N–H and O–H groups in total. The largest absolute Gasteiger partial charge is 0.508 e. The van der Waals surface area contributed by atoms with Crippen LogP contribution in [-0.4, -0.2) is 19.3 Å². The smallest absolute Gasteiger partial charge is 0.118 e. The molecule has 0 heterocycles. The second-order valence-electron chi connectivity index (χ2n) is 16.9. The Balaban J connectivity index is -0.0000000234. The molecule has 0 aliphatic heterocycles. The lowest BCUT2D eigenvalue weighted by Gasteiger charge is -2.31. The zero-order valence-corrected chi connectivity index (χ0v) is 47.5. The van der Waals surface area contributed by atoms with Crippen molar-refractivity contribution < 1.29 is 57.4 Å². The van der Waals surface area contributed by atoms with Crippen molar-refractivity contribution in [2.45, 2.75) is 143 Å². The van der Waals surface area contributed by atoms with Gasteiger partial charge in [-0.15, -0.1) is 12.8 Å². The number of ether oxygens (including phenoxy) is 2. The van der Waals surface area contributed by atoms with Gasteiger partial charge in [0.1, 0.15) is 17.2 Å². The van der Waals surface area contributed by atoms with E-state index < -0.39 is 0 Å². The van der Waals surface area contributed by atoms with Crippen LogP contribution in [0.3, 0.4) is 0 Å². The molecule has 0 saturated carbocycles. The number of hydrogen-bond acceptors (Lipinski definition) is 3. The molecule has 0 spiro atoms. The lowest BCUT2D eigenvalue weighted by atomic mass is 9.74. The molecule has 4 aromatic rings. The molecule has 1 atom stereocenters. The Hall–Kier alpha value is -10.1. The van der Waals surface area contributed by atoms with Gasteiger partial charge < -0.3 is 14.6 Å². The zero-order valence-electron chi connectivity index (χ0n) is 47.5. The van der Waals surface area contributed by atoms with E-state index in [1.54, 1.807) is 40.2 Å². The molecule has 1 unspecified atom stereocenters. The Bertz CT molecular complexity index is 3460. The SMILES string of the molecule is C#CC#CC#CC#CC#CC#CC#CC.C#CC#CC#CC#CC#CC#CC#CC#CC.CCCCCCCCCCC(C)(CCCCCCCC)c1ccc(OC)cc1.COc1ccccc1.Oc1ccc2ccccc2c1.[HH].[HH].[HH].[HH].[HH].[HH].[HH].[HH].[HH].[HH].[HH].[HH].[HH].[HH].[HH].[HH].[HH].[HH].[HH].[HH].[HH].[HH].[HH].[HH].[HH].[HH].[HH].[HH].[HH].[HH]. The molecule has 0 aliphatic carbocycles. The second-order valence-corrected chi connectivity index (χ2v) is 16.9. The van der Waals surface area contributed by atoms with Crippen LogP contribution in [0, 0.1) is 179 Å². The molecule has 79 heavy (non-hydrogen) atoms. The first kappa shape index (κ1) is 68.9. The number of rotatable bonds is 19. The van der Waals surface area contributed by atoms with Crippen molar-refractivity contribution in [3.8, 4) is 196 Å². The van der Waals surface area contributed by atoms with Gasteiger partial charge in [-0.3, -0.25) is 0 Å². The van der Waals surface area contributed by atoms with E-state index in [9.17, 15) is 0 Å². The Labute approximate surface area is 523 Å². The molecule has 0 aromatic heterocycles. The van der Waals surface area contributed by atoms with E-state index in [0.29, 0.717) is 11.2 Å². The summed E-state index contributed by atoms with van der Waals surface area (Å²) in [6.07, 6.45) is 31.9. The van der Waals surface area contributed by atoms with Gasteiger partial charge in [-0.25, -0.2) is 0 Å². The highest BCUT2D eigenvalue weighted by Gasteiger charge is 2.25. The van der Waals surface area contributed by atoms with E-state index in [2.05, 4.69) is 211 Å². The molecule has 4 rings (SSSR count). The van der Waals surface area contributed by atoms with Crippen LogP contribution >= 0.6 is 0 Å². The number of para-hydroxylation sites is 1. The molecule has 0 amide bonds. The average Bonchev–Trinajstić information content (AvgIpc) is 0.839. The predicted octanol–water partition coefficient (Wildman–Crippen LogP) is 22.2. The third-order valence-electron chi connectivity index (χ3n) is 10.9. The summed E-state index contributed by atoms with van der Waals surface area (Å²) in [6, 6.07) is 31.9. The first-order chi connectivity index (χ1) is 38.8. The number of phenolic OH excluding ortho intramolecular Hbond substituents is 1. The van der Waals surface area contributed by atoms with Crippen molar-refractivity contribution >= 4 is 10.8 Å². The topological polar surface area (TPSA) is 38.7 Å². The number of unbranched alkanes of at least 4 members (excludes halogenated alkanes) is 12. The summed E-state index contributed by atoms with van der Waals surface area (Å²) in [5, 5.41) is 11.4. The molecule has 0 aliphatic rings. The Morgan fingerprint density at radius 1 is 0.392 bits per heavy atom. The third kappa shape index (κ3) is 41.9. The summed E-state index contributed by atoms with van der Waals surface area (Å²) in [5.74, 6) is 71.0. The summed E-state index contributed by atoms with van der Waals surface area (Å²) in [6.45, 7) is 10.5. The van der Waals surface area contributed by atoms with Crippen LogP contribution in [0.1, 0.15) is 186 Å². The molecule has 4 aromatic carbocycles. The molecule has 454 valence electrons. The fourth-order valence-electron chi connectivity index (χ4n) is 6.91. The van der Waals surface area contributed by atoms with E-state index in [0.717, 1.165) is 22.3 Å². The second kappa shape index (κ2) is 52.8. The maximum absolute atomic E-state index is 9.13. The van der Waals surface area contributed by atoms with Crippen molar-refractivity contribution in [3.05, 3.63) is 103 Å². The van der Waals surface area contributed by atoms with Crippen LogP contribution in [0.5, 0.6) is 17.2 Å². The van der Waals surface area contributed by atoms with Crippen molar-refractivity contribution in [2.75, 3.05) is 14.2 Å². The van der Waals surface area contributed by atoms with Crippen molar-refractivity contribution in [3.63, 3.8) is 0 Å². The Kier molecular flexibility index (Phi) is 46.1. The standard InChI is InChI=1S/C27H48O.C17H4.C15H4.C10H8O.C7H8O.30H2/c1-5-7-9-11-13-14-16-18-24-27(3,23-17-15-12-10-8-6-2)25-19-21-26(28-4)22-20-25;1-3-5-7-9-11-13-15-17-16-14-12-10-8-6-4-2;1-3-5-7-9-11-13-15-14-12-10-8-6-4-2;11-10-6-5-8-3-1-2-4-9(8)7-10;1-8-7-5-3-2-4-6-7;;;;;;;;;;;;;;;;;;;;;;;;;;;;;;/h19-22H,5-18,23-24H2,1-4H3;1H,2H3;1H,2H3;1-7,11H;2-6H,1H3;30*1H. The van der Waals surface area contributed by atoms with E-state index in [4.69, 9.17) is 27.4 Å². The van der Waals surface area contributed by atoms with Gasteiger partial charge in [-0.2, -0.15) is 0 Å². The summed E-state index contributed by atoms with van der Waals surface area (Å²) in [4.78, 5) is 0. The van der Waals surface area contributed by atoms with E-state index >= 15 is 0 Å². The monoisotopic (exact) mass is 1090 g/mol. The highest BCUT2D eigenvalue weighted by molar-refractivity contribution is 5.83.